The molecule has 138 valence electrons. The average molecular weight is 370 g/mol. The standard InChI is InChI=1S/C29H22/c1-18-9-11-26-23(13-18)15-24-14-22(10-12-27(24)26)25-8-4-7-21-16-28-19(2)5-3-6-20(28)17-29(21)25/h3-14,16-17H,15H2,1-2H3. The van der Waals surface area contributed by atoms with Crippen LogP contribution in [0.3, 0.4) is 0 Å². The Kier molecular flexibility index (Phi) is 3.46. The largest absolute Gasteiger partial charge is 0.0614 e. The zero-order valence-electron chi connectivity index (χ0n) is 16.8. The summed E-state index contributed by atoms with van der Waals surface area (Å²) in [6, 6.07) is 31.8. The van der Waals surface area contributed by atoms with E-state index in [4.69, 9.17) is 0 Å². The third-order valence-corrected chi connectivity index (χ3v) is 6.45. The topological polar surface area (TPSA) is 0 Å². The molecule has 0 bridgehead atoms. The molecule has 0 spiro atoms. The van der Waals surface area contributed by atoms with Gasteiger partial charge in [-0.15, -0.1) is 0 Å². The molecule has 0 atom stereocenters. The van der Waals surface area contributed by atoms with Crippen molar-refractivity contribution in [3.63, 3.8) is 0 Å². The second-order valence-corrected chi connectivity index (χ2v) is 8.38. The fraction of sp³-hybridized carbons (Fsp3) is 0.103. The Morgan fingerprint density at radius 2 is 1.24 bits per heavy atom. The fourth-order valence-electron chi connectivity index (χ4n) is 4.97. The van der Waals surface area contributed by atoms with Gasteiger partial charge in [0.1, 0.15) is 0 Å². The summed E-state index contributed by atoms with van der Waals surface area (Å²) >= 11 is 0. The van der Waals surface area contributed by atoms with E-state index in [0.717, 1.165) is 6.42 Å². The van der Waals surface area contributed by atoms with Gasteiger partial charge in [-0.3, -0.25) is 0 Å². The van der Waals surface area contributed by atoms with Crippen molar-refractivity contribution < 1.29 is 0 Å². The van der Waals surface area contributed by atoms with E-state index in [1.165, 1.54) is 66.1 Å². The lowest BCUT2D eigenvalue weighted by Gasteiger charge is -2.11. The third kappa shape index (κ3) is 2.53. The molecule has 0 fully saturated rings. The van der Waals surface area contributed by atoms with Crippen LogP contribution in [0.5, 0.6) is 0 Å². The number of rotatable bonds is 1. The van der Waals surface area contributed by atoms with Crippen LogP contribution in [0.2, 0.25) is 0 Å². The maximum Gasteiger partial charge on any atom is -0.00131 e. The molecule has 1 aliphatic carbocycles. The molecule has 0 aromatic heterocycles. The summed E-state index contributed by atoms with van der Waals surface area (Å²) in [6.45, 7) is 4.37. The van der Waals surface area contributed by atoms with Crippen LogP contribution in [0.1, 0.15) is 22.3 Å². The second kappa shape index (κ2) is 6.06. The van der Waals surface area contributed by atoms with Crippen LogP contribution >= 0.6 is 0 Å². The minimum Gasteiger partial charge on any atom is -0.0614 e. The quantitative estimate of drug-likeness (QED) is 0.259. The van der Waals surface area contributed by atoms with Crippen molar-refractivity contribution >= 4 is 21.5 Å². The lowest BCUT2D eigenvalue weighted by atomic mass is 9.93. The van der Waals surface area contributed by atoms with Crippen LogP contribution in [-0.2, 0) is 6.42 Å². The maximum atomic E-state index is 2.40. The van der Waals surface area contributed by atoms with Gasteiger partial charge in [-0.1, -0.05) is 78.4 Å². The fourth-order valence-corrected chi connectivity index (χ4v) is 4.97. The highest BCUT2D eigenvalue weighted by Gasteiger charge is 2.19. The zero-order chi connectivity index (χ0) is 19.5. The van der Waals surface area contributed by atoms with Gasteiger partial charge in [0.2, 0.25) is 0 Å². The van der Waals surface area contributed by atoms with Crippen LogP contribution in [0, 0.1) is 13.8 Å². The van der Waals surface area contributed by atoms with Crippen molar-refractivity contribution in [3.05, 3.63) is 107 Å². The van der Waals surface area contributed by atoms with Gasteiger partial charge in [-0.2, -0.15) is 0 Å². The Balaban J connectivity index is 1.54. The first-order valence-electron chi connectivity index (χ1n) is 10.3. The molecule has 0 aliphatic heterocycles. The molecule has 0 amide bonds. The summed E-state index contributed by atoms with van der Waals surface area (Å²) in [5.74, 6) is 0. The van der Waals surface area contributed by atoms with Crippen LogP contribution in [0.15, 0.2) is 84.9 Å². The molecule has 6 rings (SSSR count). The van der Waals surface area contributed by atoms with E-state index in [-0.39, 0.29) is 0 Å². The predicted molar refractivity (Wildman–Crippen MR) is 125 cm³/mol. The molecule has 0 unspecified atom stereocenters. The lowest BCUT2D eigenvalue weighted by Crippen LogP contribution is -1.87. The lowest BCUT2D eigenvalue weighted by molar-refractivity contribution is 1.25. The average Bonchev–Trinajstić information content (AvgIpc) is 3.09. The summed E-state index contributed by atoms with van der Waals surface area (Å²) in [7, 11) is 0. The monoisotopic (exact) mass is 370 g/mol. The molecule has 0 N–H and O–H groups in total. The van der Waals surface area contributed by atoms with Gasteiger partial charge in [0, 0.05) is 0 Å². The van der Waals surface area contributed by atoms with Gasteiger partial charge in [-0.05, 0) is 92.9 Å². The van der Waals surface area contributed by atoms with E-state index in [1.54, 1.807) is 0 Å². The smallest absolute Gasteiger partial charge is 0.00131 e. The Bertz CT molecular complexity index is 1440. The van der Waals surface area contributed by atoms with E-state index in [9.17, 15) is 0 Å². The van der Waals surface area contributed by atoms with Gasteiger partial charge >= 0.3 is 0 Å². The number of aryl methyl sites for hydroxylation is 2. The number of hydrogen-bond acceptors (Lipinski definition) is 0. The summed E-state index contributed by atoms with van der Waals surface area (Å²) in [5, 5.41) is 5.30. The Labute approximate surface area is 171 Å². The number of fused-ring (bicyclic) bond motifs is 5. The van der Waals surface area contributed by atoms with Gasteiger partial charge in [0.25, 0.3) is 0 Å². The highest BCUT2D eigenvalue weighted by molar-refractivity contribution is 6.06. The molecule has 29 heavy (non-hydrogen) atoms. The molecule has 0 saturated heterocycles. The van der Waals surface area contributed by atoms with Crippen molar-refractivity contribution in [1.82, 2.24) is 0 Å². The third-order valence-electron chi connectivity index (χ3n) is 6.45. The van der Waals surface area contributed by atoms with Gasteiger partial charge in [0.05, 0.1) is 0 Å². The van der Waals surface area contributed by atoms with Crippen LogP contribution in [0.4, 0.5) is 0 Å². The first kappa shape index (κ1) is 16.6. The van der Waals surface area contributed by atoms with Crippen molar-refractivity contribution in [1.29, 1.82) is 0 Å². The molecular weight excluding hydrogens is 348 g/mol. The summed E-state index contributed by atoms with van der Waals surface area (Å²) in [6.07, 6.45) is 1.03. The predicted octanol–water partition coefficient (Wildman–Crippen LogP) is 7.85. The van der Waals surface area contributed by atoms with Crippen molar-refractivity contribution in [2.75, 3.05) is 0 Å². The highest BCUT2D eigenvalue weighted by Crippen LogP contribution is 2.40. The van der Waals surface area contributed by atoms with Gasteiger partial charge in [-0.25, -0.2) is 0 Å². The van der Waals surface area contributed by atoms with Gasteiger partial charge < -0.3 is 0 Å². The second-order valence-electron chi connectivity index (χ2n) is 8.38. The zero-order valence-corrected chi connectivity index (χ0v) is 16.8. The molecule has 1 aliphatic rings. The minimum absolute atomic E-state index is 1.03. The van der Waals surface area contributed by atoms with Gasteiger partial charge in [0.15, 0.2) is 0 Å². The van der Waals surface area contributed by atoms with Crippen molar-refractivity contribution in [2.45, 2.75) is 20.3 Å². The first-order chi connectivity index (χ1) is 14.2. The maximum absolute atomic E-state index is 2.40. The first-order valence-corrected chi connectivity index (χ1v) is 10.3. The molecule has 0 saturated carbocycles. The van der Waals surface area contributed by atoms with Crippen molar-refractivity contribution in [3.8, 4) is 22.3 Å². The Hall–Kier alpha value is -3.38. The van der Waals surface area contributed by atoms with Crippen LogP contribution in [-0.4, -0.2) is 0 Å². The number of benzene rings is 5. The molecule has 5 aromatic rings. The summed E-state index contributed by atoms with van der Waals surface area (Å²) < 4.78 is 0. The van der Waals surface area contributed by atoms with E-state index in [2.05, 4.69) is 98.8 Å². The van der Waals surface area contributed by atoms with Crippen LogP contribution in [0.25, 0.3) is 43.8 Å². The highest BCUT2D eigenvalue weighted by atomic mass is 14.2. The van der Waals surface area contributed by atoms with E-state index < -0.39 is 0 Å². The van der Waals surface area contributed by atoms with E-state index >= 15 is 0 Å². The Morgan fingerprint density at radius 3 is 2.10 bits per heavy atom. The summed E-state index contributed by atoms with van der Waals surface area (Å²) in [5.41, 5.74) is 11.0. The number of hydrogen-bond donors (Lipinski definition) is 0. The molecule has 0 radical (unpaired) electrons. The molecule has 0 heteroatoms. The SMILES string of the molecule is Cc1ccc2c(c1)Cc1cc(-c3cccc4cc5c(C)cccc5cc34)ccc1-2. The molecule has 0 nitrogen and oxygen atoms in total. The van der Waals surface area contributed by atoms with Crippen molar-refractivity contribution in [2.24, 2.45) is 0 Å². The Morgan fingerprint density at radius 1 is 0.552 bits per heavy atom. The van der Waals surface area contributed by atoms with E-state index in [0.29, 0.717) is 0 Å². The molecular formula is C29H22. The normalized spacial score (nSPS) is 12.3. The minimum atomic E-state index is 1.03. The molecule has 5 aromatic carbocycles. The molecule has 0 heterocycles. The van der Waals surface area contributed by atoms with Crippen LogP contribution < -0.4 is 0 Å². The van der Waals surface area contributed by atoms with E-state index in [1.807, 2.05) is 0 Å². The summed E-state index contributed by atoms with van der Waals surface area (Å²) in [4.78, 5) is 0.